The first-order chi connectivity index (χ1) is 13.7. The van der Waals surface area contributed by atoms with Crippen LogP contribution in [0.2, 0.25) is 5.02 Å². The number of benzene rings is 2. The molecular weight excluding hydrogens is 388 g/mol. The summed E-state index contributed by atoms with van der Waals surface area (Å²) < 4.78 is 6.12. The van der Waals surface area contributed by atoms with Gasteiger partial charge >= 0.3 is 0 Å². The van der Waals surface area contributed by atoms with Crippen LogP contribution in [0.4, 0.5) is 5.69 Å². The number of halogens is 1. The van der Waals surface area contributed by atoms with Crippen molar-refractivity contribution in [3.63, 3.8) is 0 Å². The van der Waals surface area contributed by atoms with Crippen LogP contribution in [0.15, 0.2) is 54.6 Å². The Labute approximate surface area is 175 Å². The molecule has 1 aromatic heterocycles. The third kappa shape index (κ3) is 4.75. The van der Waals surface area contributed by atoms with E-state index in [1.165, 1.54) is 23.4 Å². The van der Waals surface area contributed by atoms with Crippen LogP contribution in [0.3, 0.4) is 0 Å². The molecule has 1 fully saturated rings. The predicted molar refractivity (Wildman–Crippen MR) is 118 cm³/mol. The number of hydrogen-bond acceptors (Lipinski definition) is 4. The molecule has 1 aliphatic heterocycles. The Morgan fingerprint density at radius 2 is 1.93 bits per heavy atom. The van der Waals surface area contributed by atoms with Crippen molar-refractivity contribution in [1.82, 2.24) is 4.98 Å². The maximum atomic E-state index is 6.12. The maximum absolute atomic E-state index is 6.12. The lowest BCUT2D eigenvalue weighted by Gasteiger charge is -2.34. The van der Waals surface area contributed by atoms with E-state index in [-0.39, 0.29) is 0 Å². The van der Waals surface area contributed by atoms with Crippen LogP contribution in [0, 0.1) is 12.8 Å². The normalized spacial score (nSPS) is 17.1. The monoisotopic (exact) mass is 412 g/mol. The van der Waals surface area contributed by atoms with Crippen molar-refractivity contribution in [2.45, 2.75) is 26.4 Å². The van der Waals surface area contributed by atoms with Crippen molar-refractivity contribution >= 4 is 28.6 Å². The Hall–Kier alpha value is -1.88. The van der Waals surface area contributed by atoms with Gasteiger partial charge in [-0.1, -0.05) is 41.9 Å². The van der Waals surface area contributed by atoms with Crippen molar-refractivity contribution in [2.75, 3.05) is 24.6 Å². The standard InChI is InChI=1S/C23H25ClN2OS/c1-17-22(28-23(25-17)19-9-11-20(24)12-10-19)16-27-15-18-6-5-13-26(14-18)21-7-3-2-4-8-21/h2-4,7-12,18H,5-6,13-16H2,1H3/t18-/m1/s1. The first-order valence-electron chi connectivity index (χ1n) is 9.79. The topological polar surface area (TPSA) is 25.4 Å². The van der Waals surface area contributed by atoms with E-state index in [9.17, 15) is 0 Å². The first-order valence-corrected chi connectivity index (χ1v) is 11.0. The fraction of sp³-hybridized carbons (Fsp3) is 0.348. The molecule has 3 nitrogen and oxygen atoms in total. The van der Waals surface area contributed by atoms with Crippen LogP contribution < -0.4 is 4.90 Å². The Morgan fingerprint density at radius 3 is 2.71 bits per heavy atom. The minimum absolute atomic E-state index is 0.581. The third-order valence-electron chi connectivity index (χ3n) is 5.21. The highest BCUT2D eigenvalue weighted by Gasteiger charge is 2.20. The summed E-state index contributed by atoms with van der Waals surface area (Å²) in [5.74, 6) is 0.581. The number of aryl methyl sites for hydroxylation is 1. The van der Waals surface area contributed by atoms with Gasteiger partial charge in [0.2, 0.25) is 0 Å². The van der Waals surface area contributed by atoms with E-state index in [1.807, 2.05) is 24.3 Å². The van der Waals surface area contributed by atoms with Crippen LogP contribution in [0.5, 0.6) is 0 Å². The van der Waals surface area contributed by atoms with Gasteiger partial charge in [0.05, 0.1) is 23.8 Å². The minimum atomic E-state index is 0.581. The van der Waals surface area contributed by atoms with Crippen LogP contribution in [-0.4, -0.2) is 24.7 Å². The van der Waals surface area contributed by atoms with Gasteiger partial charge in [-0.2, -0.15) is 0 Å². The summed E-state index contributed by atoms with van der Waals surface area (Å²) in [4.78, 5) is 8.40. The molecule has 5 heteroatoms. The predicted octanol–water partition coefficient (Wildman–Crippen LogP) is 6.21. The molecule has 2 aromatic carbocycles. The molecule has 1 atom stereocenters. The highest BCUT2D eigenvalue weighted by molar-refractivity contribution is 7.15. The maximum Gasteiger partial charge on any atom is 0.123 e. The summed E-state index contributed by atoms with van der Waals surface area (Å²) in [6, 6.07) is 18.5. The number of piperidine rings is 1. The average molecular weight is 413 g/mol. The van der Waals surface area contributed by atoms with Gasteiger partial charge in [0.1, 0.15) is 5.01 Å². The molecule has 28 heavy (non-hydrogen) atoms. The molecule has 0 N–H and O–H groups in total. The Bertz CT molecular complexity index is 895. The number of rotatable bonds is 6. The van der Waals surface area contributed by atoms with Crippen molar-refractivity contribution in [3.8, 4) is 10.6 Å². The second kappa shape index (κ2) is 9.08. The molecule has 3 aromatic rings. The smallest absolute Gasteiger partial charge is 0.123 e. The van der Waals surface area contributed by atoms with E-state index in [2.05, 4.69) is 42.2 Å². The number of nitrogens with zero attached hydrogens (tertiary/aromatic N) is 2. The number of ether oxygens (including phenoxy) is 1. The Kier molecular flexibility index (Phi) is 6.30. The molecule has 0 aliphatic carbocycles. The van der Waals surface area contributed by atoms with Gasteiger partial charge in [-0.3, -0.25) is 0 Å². The Morgan fingerprint density at radius 1 is 1.14 bits per heavy atom. The zero-order valence-corrected chi connectivity index (χ0v) is 17.7. The van der Waals surface area contributed by atoms with Gasteiger partial charge in [-0.05, 0) is 49.9 Å². The molecule has 0 saturated carbocycles. The summed E-state index contributed by atoms with van der Waals surface area (Å²) in [6.45, 7) is 5.71. The third-order valence-corrected chi connectivity index (χ3v) is 6.64. The molecule has 4 rings (SSSR count). The van der Waals surface area contributed by atoms with Crippen molar-refractivity contribution in [1.29, 1.82) is 0 Å². The average Bonchev–Trinajstić information content (AvgIpc) is 3.10. The van der Waals surface area contributed by atoms with E-state index >= 15 is 0 Å². The molecule has 0 bridgehead atoms. The van der Waals surface area contributed by atoms with Crippen LogP contribution in [-0.2, 0) is 11.3 Å². The van der Waals surface area contributed by atoms with E-state index in [0.717, 1.165) is 41.0 Å². The second-order valence-corrected chi connectivity index (χ2v) is 8.86. The highest BCUT2D eigenvalue weighted by Crippen LogP contribution is 2.30. The van der Waals surface area contributed by atoms with Crippen LogP contribution in [0.25, 0.3) is 10.6 Å². The summed E-state index contributed by atoms with van der Waals surface area (Å²) in [5.41, 5.74) is 3.48. The molecule has 0 amide bonds. The van der Waals surface area contributed by atoms with E-state index in [0.29, 0.717) is 12.5 Å². The summed E-state index contributed by atoms with van der Waals surface area (Å²) in [6.07, 6.45) is 2.46. The van der Waals surface area contributed by atoms with Crippen molar-refractivity contribution < 1.29 is 4.74 Å². The minimum Gasteiger partial charge on any atom is -0.376 e. The molecule has 0 unspecified atom stereocenters. The first kappa shape index (κ1) is 19.4. The lowest BCUT2D eigenvalue weighted by molar-refractivity contribution is 0.0829. The lowest BCUT2D eigenvalue weighted by Crippen LogP contribution is -2.37. The van der Waals surface area contributed by atoms with Gasteiger partial charge < -0.3 is 9.64 Å². The van der Waals surface area contributed by atoms with Gasteiger partial charge in [0, 0.05) is 29.4 Å². The molecule has 146 valence electrons. The SMILES string of the molecule is Cc1nc(-c2ccc(Cl)cc2)sc1COC[C@@H]1CCCN(c2ccccc2)C1. The molecule has 2 heterocycles. The fourth-order valence-corrected chi connectivity index (χ4v) is 4.80. The Balaban J connectivity index is 1.32. The summed E-state index contributed by atoms with van der Waals surface area (Å²) >= 11 is 7.70. The van der Waals surface area contributed by atoms with Gasteiger partial charge in [-0.15, -0.1) is 11.3 Å². The zero-order chi connectivity index (χ0) is 19.3. The van der Waals surface area contributed by atoms with E-state index in [1.54, 1.807) is 11.3 Å². The second-order valence-electron chi connectivity index (χ2n) is 7.34. The molecule has 1 aliphatic rings. The highest BCUT2D eigenvalue weighted by atomic mass is 35.5. The van der Waals surface area contributed by atoms with Crippen molar-refractivity contribution in [2.24, 2.45) is 5.92 Å². The number of thiazole rings is 1. The molecule has 0 radical (unpaired) electrons. The van der Waals surface area contributed by atoms with E-state index < -0.39 is 0 Å². The van der Waals surface area contributed by atoms with Crippen LogP contribution >= 0.6 is 22.9 Å². The van der Waals surface area contributed by atoms with Gasteiger partial charge in [0.15, 0.2) is 0 Å². The summed E-state index contributed by atoms with van der Waals surface area (Å²) in [5, 5.41) is 1.78. The molecular formula is C23H25ClN2OS. The zero-order valence-electron chi connectivity index (χ0n) is 16.1. The molecule has 0 spiro atoms. The van der Waals surface area contributed by atoms with E-state index in [4.69, 9.17) is 21.3 Å². The van der Waals surface area contributed by atoms with Gasteiger partial charge in [0.25, 0.3) is 0 Å². The number of aromatic nitrogens is 1. The number of para-hydroxylation sites is 1. The quantitative estimate of drug-likeness (QED) is 0.481. The summed E-state index contributed by atoms with van der Waals surface area (Å²) in [7, 11) is 0. The van der Waals surface area contributed by atoms with Gasteiger partial charge in [-0.25, -0.2) is 4.98 Å². The van der Waals surface area contributed by atoms with Crippen LogP contribution in [0.1, 0.15) is 23.4 Å². The number of anilines is 1. The fourth-order valence-electron chi connectivity index (χ4n) is 3.67. The number of hydrogen-bond donors (Lipinski definition) is 0. The lowest BCUT2D eigenvalue weighted by atomic mass is 9.98. The molecule has 1 saturated heterocycles. The van der Waals surface area contributed by atoms with Crippen molar-refractivity contribution in [3.05, 3.63) is 70.2 Å². The largest absolute Gasteiger partial charge is 0.376 e.